The Bertz CT molecular complexity index is 644. The summed E-state index contributed by atoms with van der Waals surface area (Å²) in [6.45, 7) is 2.00. The normalized spacial score (nSPS) is 10.8. The van der Waals surface area contributed by atoms with Crippen LogP contribution in [0.4, 0.5) is 0 Å². The van der Waals surface area contributed by atoms with Crippen LogP contribution in [0.25, 0.3) is 9.40 Å². The number of hydrogen-bond donors (Lipinski definition) is 1. The molecule has 96 valence electrons. The first-order valence-corrected chi connectivity index (χ1v) is 8.00. The first kappa shape index (κ1) is 14.0. The Morgan fingerprint density at radius 1 is 1.17 bits per heavy atom. The van der Waals surface area contributed by atoms with Gasteiger partial charge in [-0.15, -0.1) is 22.7 Å². The zero-order chi connectivity index (χ0) is 13.4. The predicted octanol–water partition coefficient (Wildman–Crippen LogP) is 4.36. The van der Waals surface area contributed by atoms with Crippen LogP contribution in [0.5, 0.6) is 0 Å². The van der Waals surface area contributed by atoms with E-state index in [2.05, 4.69) is 31.9 Å². The van der Waals surface area contributed by atoms with Gasteiger partial charge in [0.25, 0.3) is 0 Å². The van der Waals surface area contributed by atoms with Crippen LogP contribution in [0.2, 0.25) is 0 Å². The van der Waals surface area contributed by atoms with Crippen molar-refractivity contribution in [3.63, 3.8) is 0 Å². The number of esters is 1. The number of carbonyl (C=O) groups excluding carboxylic acids is 1. The van der Waals surface area contributed by atoms with Crippen molar-refractivity contribution in [1.82, 2.24) is 0 Å². The average molecular weight is 414 g/mol. The van der Waals surface area contributed by atoms with E-state index in [4.69, 9.17) is 9.84 Å². The first-order valence-electron chi connectivity index (χ1n) is 4.78. The van der Waals surface area contributed by atoms with E-state index in [1.165, 1.54) is 22.7 Å². The fourth-order valence-corrected chi connectivity index (χ4v) is 5.69. The van der Waals surface area contributed by atoms with Gasteiger partial charge < -0.3 is 9.84 Å². The minimum absolute atomic E-state index is 0.191. The lowest BCUT2D eigenvalue weighted by Gasteiger charge is -1.99. The maximum atomic E-state index is 11.8. The van der Waals surface area contributed by atoms with E-state index in [-0.39, 0.29) is 12.2 Å². The van der Waals surface area contributed by atoms with E-state index in [1.807, 2.05) is 0 Å². The Balaban J connectivity index is 2.69. The Kier molecular flexibility index (Phi) is 4.10. The van der Waals surface area contributed by atoms with Crippen LogP contribution >= 0.6 is 54.5 Å². The van der Waals surface area contributed by atoms with Gasteiger partial charge in [-0.05, 0) is 38.8 Å². The van der Waals surface area contributed by atoms with Crippen molar-refractivity contribution in [2.45, 2.75) is 6.92 Å². The molecule has 0 aliphatic heterocycles. The van der Waals surface area contributed by atoms with Crippen molar-refractivity contribution in [2.24, 2.45) is 0 Å². The quantitative estimate of drug-likeness (QED) is 0.759. The van der Waals surface area contributed by atoms with E-state index >= 15 is 0 Å². The molecule has 1 N–H and O–H groups in total. The topological polar surface area (TPSA) is 63.6 Å². The molecule has 0 fully saturated rings. The third-order valence-corrected chi connectivity index (χ3v) is 6.02. The number of halogens is 2. The summed E-state index contributed by atoms with van der Waals surface area (Å²) in [5, 5.41) is 9.15. The fourth-order valence-electron chi connectivity index (χ4n) is 1.44. The highest BCUT2D eigenvalue weighted by molar-refractivity contribution is 9.11. The van der Waals surface area contributed by atoms with Crippen molar-refractivity contribution < 1.29 is 19.4 Å². The van der Waals surface area contributed by atoms with Crippen molar-refractivity contribution in [3.05, 3.63) is 18.7 Å². The molecule has 0 bridgehead atoms. The number of carbonyl (C=O) groups is 2. The number of thiophene rings is 2. The number of ether oxygens (including phenoxy) is 1. The van der Waals surface area contributed by atoms with Gasteiger partial charge in [0.2, 0.25) is 0 Å². The molecule has 2 aromatic rings. The predicted molar refractivity (Wildman–Crippen MR) is 78.0 cm³/mol. The maximum absolute atomic E-state index is 11.8. The molecule has 0 saturated carbocycles. The summed E-state index contributed by atoms with van der Waals surface area (Å²) in [6.07, 6.45) is 0. The molecule has 0 radical (unpaired) electrons. The third kappa shape index (κ3) is 2.22. The molecule has 0 unspecified atom stereocenters. The highest BCUT2D eigenvalue weighted by Crippen LogP contribution is 2.45. The van der Waals surface area contributed by atoms with Gasteiger partial charge >= 0.3 is 11.9 Å². The molecule has 0 atom stereocenters. The lowest BCUT2D eigenvalue weighted by molar-refractivity contribution is 0.0528. The van der Waals surface area contributed by atoms with Gasteiger partial charge in [0, 0.05) is 0 Å². The monoisotopic (exact) mass is 412 g/mol. The molecular weight excluding hydrogens is 408 g/mol. The van der Waals surface area contributed by atoms with Gasteiger partial charge in [-0.25, -0.2) is 9.59 Å². The molecule has 0 spiro atoms. The smallest absolute Gasteiger partial charge is 0.341 e. The summed E-state index contributed by atoms with van der Waals surface area (Å²) < 4.78 is 7.28. The molecule has 0 aromatic carbocycles. The van der Waals surface area contributed by atoms with Crippen LogP contribution < -0.4 is 0 Å². The van der Waals surface area contributed by atoms with E-state index in [9.17, 15) is 9.59 Å². The zero-order valence-corrected chi connectivity index (χ0v) is 13.8. The minimum atomic E-state index is -1.02. The van der Waals surface area contributed by atoms with Crippen LogP contribution in [-0.4, -0.2) is 23.7 Å². The average Bonchev–Trinajstić information content (AvgIpc) is 2.70. The van der Waals surface area contributed by atoms with Gasteiger partial charge in [-0.3, -0.25) is 0 Å². The second-order valence-electron chi connectivity index (χ2n) is 3.19. The van der Waals surface area contributed by atoms with Crippen LogP contribution in [0.3, 0.4) is 0 Å². The second-order valence-corrected chi connectivity index (χ2v) is 7.86. The van der Waals surface area contributed by atoms with Crippen molar-refractivity contribution in [2.75, 3.05) is 6.61 Å². The summed E-state index contributed by atoms with van der Waals surface area (Å²) in [5.41, 5.74) is 0.589. The lowest BCUT2D eigenvalue weighted by atomic mass is 10.2. The second kappa shape index (κ2) is 5.28. The molecule has 4 nitrogen and oxygen atoms in total. The molecule has 0 aliphatic rings. The summed E-state index contributed by atoms with van der Waals surface area (Å²) in [4.78, 5) is 23.0. The molecule has 0 aliphatic carbocycles. The summed E-state index contributed by atoms with van der Waals surface area (Å²) in [7, 11) is 0. The first-order chi connectivity index (χ1) is 8.47. The summed E-state index contributed by atoms with van der Waals surface area (Å²) in [6, 6.07) is 0. The Labute approximate surface area is 127 Å². The molecule has 2 rings (SSSR count). The SMILES string of the molecule is CCOC(=O)c1c(Br)sc2c(C(=O)O)c(Br)sc12. The molecule has 8 heteroatoms. The van der Waals surface area contributed by atoms with E-state index in [0.29, 0.717) is 22.5 Å². The maximum Gasteiger partial charge on any atom is 0.341 e. The fraction of sp³-hybridized carbons (Fsp3) is 0.200. The van der Waals surface area contributed by atoms with Crippen LogP contribution in [-0.2, 0) is 4.74 Å². The number of fused-ring (bicyclic) bond motifs is 1. The number of carboxylic acids is 1. The van der Waals surface area contributed by atoms with Crippen molar-refractivity contribution in [3.8, 4) is 0 Å². The molecule has 2 heterocycles. The van der Waals surface area contributed by atoms with E-state index in [0.717, 1.165) is 0 Å². The molecule has 0 saturated heterocycles. The third-order valence-electron chi connectivity index (χ3n) is 2.13. The van der Waals surface area contributed by atoms with Crippen LogP contribution in [0, 0.1) is 0 Å². The number of rotatable bonds is 3. The van der Waals surface area contributed by atoms with Gasteiger partial charge in [-0.2, -0.15) is 0 Å². The van der Waals surface area contributed by atoms with Gasteiger partial charge in [0.05, 0.1) is 23.6 Å². The van der Waals surface area contributed by atoms with Gasteiger partial charge in [-0.1, -0.05) is 0 Å². The summed E-state index contributed by atoms with van der Waals surface area (Å²) >= 11 is 8.94. The number of hydrogen-bond acceptors (Lipinski definition) is 5. The van der Waals surface area contributed by atoms with Crippen molar-refractivity contribution >= 4 is 75.9 Å². The minimum Gasteiger partial charge on any atom is -0.478 e. The Morgan fingerprint density at radius 3 is 2.17 bits per heavy atom. The number of carboxylic acid groups (broad SMARTS) is 1. The highest BCUT2D eigenvalue weighted by Gasteiger charge is 2.26. The lowest BCUT2D eigenvalue weighted by Crippen LogP contribution is -2.03. The highest BCUT2D eigenvalue weighted by atomic mass is 79.9. The van der Waals surface area contributed by atoms with Crippen LogP contribution in [0.1, 0.15) is 27.6 Å². The Morgan fingerprint density at radius 2 is 1.67 bits per heavy atom. The Hall–Kier alpha value is -0.440. The number of aromatic carboxylic acids is 1. The van der Waals surface area contributed by atoms with E-state index < -0.39 is 11.9 Å². The van der Waals surface area contributed by atoms with Crippen LogP contribution in [0.15, 0.2) is 7.57 Å². The zero-order valence-electron chi connectivity index (χ0n) is 8.95. The standard InChI is InChI=1S/C10H6Br2O4S2/c1-2-16-10(15)4-6-5(17-8(4)12)3(9(13)14)7(11)18-6/h2H2,1H3,(H,13,14). The summed E-state index contributed by atoms with van der Waals surface area (Å²) in [5.74, 6) is -1.46. The largest absolute Gasteiger partial charge is 0.478 e. The van der Waals surface area contributed by atoms with Gasteiger partial charge in [0.15, 0.2) is 0 Å². The molecule has 18 heavy (non-hydrogen) atoms. The van der Waals surface area contributed by atoms with Crippen molar-refractivity contribution in [1.29, 1.82) is 0 Å². The van der Waals surface area contributed by atoms with E-state index in [1.54, 1.807) is 6.92 Å². The molecule has 0 amide bonds. The van der Waals surface area contributed by atoms with Gasteiger partial charge in [0.1, 0.15) is 11.1 Å². The molecular formula is C10H6Br2O4S2. The molecule has 2 aromatic heterocycles.